The predicted octanol–water partition coefficient (Wildman–Crippen LogP) is 1.72. The van der Waals surface area contributed by atoms with Crippen molar-refractivity contribution in [2.24, 2.45) is 5.92 Å². The molecule has 1 unspecified atom stereocenters. The highest BCUT2D eigenvalue weighted by Crippen LogP contribution is 2.16. The zero-order chi connectivity index (χ0) is 9.61. The van der Waals surface area contributed by atoms with Gasteiger partial charge in [-0.3, -0.25) is 0 Å². The van der Waals surface area contributed by atoms with Crippen LogP contribution in [0.15, 0.2) is 12.7 Å². The molecule has 0 fully saturated rings. The fourth-order valence-electron chi connectivity index (χ4n) is 1.00. The minimum absolute atomic E-state index is 0.232. The summed E-state index contributed by atoms with van der Waals surface area (Å²) in [7, 11) is 0. The van der Waals surface area contributed by atoms with Crippen LogP contribution in [0.2, 0.25) is 0 Å². The van der Waals surface area contributed by atoms with Gasteiger partial charge in [-0.05, 0) is 32.1 Å². The molecule has 0 radical (unpaired) electrons. The van der Waals surface area contributed by atoms with Crippen LogP contribution in [0.5, 0.6) is 0 Å². The van der Waals surface area contributed by atoms with Gasteiger partial charge >= 0.3 is 0 Å². The molecule has 0 rings (SSSR count). The number of hydrogen-bond acceptors (Lipinski definition) is 2. The maximum atomic E-state index is 9.53. The van der Waals surface area contributed by atoms with E-state index in [1.54, 1.807) is 13.0 Å². The summed E-state index contributed by atoms with van der Waals surface area (Å²) in [6.07, 6.45) is 4.18. The smallest absolute Gasteiger partial charge is 0.0797 e. The molecule has 0 aromatic rings. The number of rotatable bonds is 6. The van der Waals surface area contributed by atoms with Crippen molar-refractivity contribution < 1.29 is 10.2 Å². The lowest BCUT2D eigenvalue weighted by atomic mass is 9.96. The average molecular weight is 172 g/mol. The van der Waals surface area contributed by atoms with Gasteiger partial charge in [0.25, 0.3) is 0 Å². The Morgan fingerprint density at radius 1 is 1.58 bits per heavy atom. The van der Waals surface area contributed by atoms with Gasteiger partial charge in [0.2, 0.25) is 0 Å². The van der Waals surface area contributed by atoms with Gasteiger partial charge < -0.3 is 10.2 Å². The fourth-order valence-corrected chi connectivity index (χ4v) is 1.00. The first-order valence-corrected chi connectivity index (χ1v) is 4.48. The normalized spacial score (nSPS) is 18.3. The molecular weight excluding hydrogens is 152 g/mol. The van der Waals surface area contributed by atoms with Gasteiger partial charge in [-0.1, -0.05) is 13.0 Å². The Hall–Kier alpha value is -0.340. The molecule has 0 saturated carbocycles. The molecule has 0 bridgehead atoms. The zero-order valence-corrected chi connectivity index (χ0v) is 8.08. The van der Waals surface area contributed by atoms with E-state index in [-0.39, 0.29) is 6.61 Å². The molecule has 0 aliphatic heterocycles. The van der Waals surface area contributed by atoms with Gasteiger partial charge in [-0.15, -0.1) is 6.58 Å². The molecule has 0 spiro atoms. The van der Waals surface area contributed by atoms with Crippen molar-refractivity contribution in [3.63, 3.8) is 0 Å². The van der Waals surface area contributed by atoms with E-state index >= 15 is 0 Å². The van der Waals surface area contributed by atoms with Crippen LogP contribution >= 0.6 is 0 Å². The maximum Gasteiger partial charge on any atom is 0.0797 e. The Morgan fingerprint density at radius 2 is 2.17 bits per heavy atom. The molecule has 2 N–H and O–H groups in total. The third-order valence-electron chi connectivity index (χ3n) is 2.13. The van der Waals surface area contributed by atoms with Crippen molar-refractivity contribution in [2.75, 3.05) is 6.61 Å². The third kappa shape index (κ3) is 5.33. The molecule has 0 aromatic heterocycles. The van der Waals surface area contributed by atoms with Gasteiger partial charge in [0, 0.05) is 6.61 Å². The Bertz CT molecular complexity index is 130. The highest BCUT2D eigenvalue weighted by Gasteiger charge is 2.14. The zero-order valence-electron chi connectivity index (χ0n) is 8.08. The van der Waals surface area contributed by atoms with E-state index in [0.29, 0.717) is 5.92 Å². The summed E-state index contributed by atoms with van der Waals surface area (Å²) in [6.45, 7) is 7.54. The molecule has 12 heavy (non-hydrogen) atoms. The van der Waals surface area contributed by atoms with E-state index in [2.05, 4.69) is 6.58 Å². The van der Waals surface area contributed by atoms with Crippen LogP contribution in [0, 0.1) is 5.92 Å². The Kier molecular flexibility index (Phi) is 5.18. The second-order valence-electron chi connectivity index (χ2n) is 3.74. The van der Waals surface area contributed by atoms with Crippen LogP contribution in [0.3, 0.4) is 0 Å². The summed E-state index contributed by atoms with van der Waals surface area (Å²) in [6, 6.07) is 0. The summed E-state index contributed by atoms with van der Waals surface area (Å²) in [5.74, 6) is 0.339. The lowest BCUT2D eigenvalue weighted by Crippen LogP contribution is -2.20. The molecule has 2 atom stereocenters. The number of aliphatic hydroxyl groups excluding tert-OH is 1. The van der Waals surface area contributed by atoms with E-state index < -0.39 is 5.60 Å². The van der Waals surface area contributed by atoms with Gasteiger partial charge in [-0.25, -0.2) is 0 Å². The first-order chi connectivity index (χ1) is 5.52. The topological polar surface area (TPSA) is 40.5 Å². The van der Waals surface area contributed by atoms with Crippen LogP contribution in [0.25, 0.3) is 0 Å². The average Bonchev–Trinajstić information content (AvgIpc) is 2.04. The van der Waals surface area contributed by atoms with Gasteiger partial charge in [-0.2, -0.15) is 0 Å². The second kappa shape index (κ2) is 5.33. The molecule has 0 heterocycles. The van der Waals surface area contributed by atoms with Crippen LogP contribution in [-0.2, 0) is 0 Å². The second-order valence-corrected chi connectivity index (χ2v) is 3.74. The minimum atomic E-state index is -0.741. The number of hydrogen-bond donors (Lipinski definition) is 2. The van der Waals surface area contributed by atoms with Crippen molar-refractivity contribution in [1.82, 2.24) is 0 Å². The largest absolute Gasteiger partial charge is 0.396 e. The SMILES string of the molecule is C=C[C@@](C)(O)CCCC(C)CO. The van der Waals surface area contributed by atoms with Crippen LogP contribution in [-0.4, -0.2) is 22.4 Å². The molecule has 0 aliphatic carbocycles. The molecular formula is C10H20O2. The van der Waals surface area contributed by atoms with E-state index in [9.17, 15) is 5.11 Å². The molecule has 2 nitrogen and oxygen atoms in total. The first kappa shape index (κ1) is 11.7. The predicted molar refractivity (Wildman–Crippen MR) is 50.9 cm³/mol. The van der Waals surface area contributed by atoms with Crippen LogP contribution < -0.4 is 0 Å². The summed E-state index contributed by atoms with van der Waals surface area (Å²) in [5, 5.41) is 18.3. The highest BCUT2D eigenvalue weighted by atomic mass is 16.3. The Balaban J connectivity index is 3.49. The minimum Gasteiger partial charge on any atom is -0.396 e. The van der Waals surface area contributed by atoms with Crippen molar-refractivity contribution in [2.45, 2.75) is 38.7 Å². The van der Waals surface area contributed by atoms with E-state index in [4.69, 9.17) is 5.11 Å². The third-order valence-corrected chi connectivity index (χ3v) is 2.13. The van der Waals surface area contributed by atoms with Crippen molar-refractivity contribution >= 4 is 0 Å². The quantitative estimate of drug-likeness (QED) is 0.599. The molecule has 0 aromatic carbocycles. The maximum absolute atomic E-state index is 9.53. The number of aliphatic hydroxyl groups is 2. The van der Waals surface area contributed by atoms with Gasteiger partial charge in [0.05, 0.1) is 5.60 Å². The Morgan fingerprint density at radius 3 is 2.58 bits per heavy atom. The summed E-state index contributed by atoms with van der Waals surface area (Å²) < 4.78 is 0. The molecule has 72 valence electrons. The summed E-state index contributed by atoms with van der Waals surface area (Å²) in [5.41, 5.74) is -0.741. The first-order valence-electron chi connectivity index (χ1n) is 4.48. The van der Waals surface area contributed by atoms with E-state index in [0.717, 1.165) is 19.3 Å². The molecule has 0 aliphatic rings. The summed E-state index contributed by atoms with van der Waals surface area (Å²) >= 11 is 0. The standard InChI is InChI=1S/C10H20O2/c1-4-10(3,12)7-5-6-9(2)8-11/h4,9,11-12H,1,5-8H2,2-3H3/t9?,10-/m1/s1. The van der Waals surface area contributed by atoms with Crippen molar-refractivity contribution in [1.29, 1.82) is 0 Å². The van der Waals surface area contributed by atoms with Crippen LogP contribution in [0.4, 0.5) is 0 Å². The monoisotopic (exact) mass is 172 g/mol. The van der Waals surface area contributed by atoms with E-state index in [1.807, 2.05) is 6.92 Å². The van der Waals surface area contributed by atoms with Gasteiger partial charge in [0.15, 0.2) is 0 Å². The van der Waals surface area contributed by atoms with Crippen molar-refractivity contribution in [3.8, 4) is 0 Å². The van der Waals surface area contributed by atoms with Crippen molar-refractivity contribution in [3.05, 3.63) is 12.7 Å². The fraction of sp³-hybridized carbons (Fsp3) is 0.800. The lowest BCUT2D eigenvalue weighted by molar-refractivity contribution is 0.0958. The molecule has 0 amide bonds. The Labute approximate surface area is 74.9 Å². The van der Waals surface area contributed by atoms with Gasteiger partial charge in [0.1, 0.15) is 0 Å². The van der Waals surface area contributed by atoms with E-state index in [1.165, 1.54) is 0 Å². The molecule has 0 saturated heterocycles. The van der Waals surface area contributed by atoms with Crippen LogP contribution in [0.1, 0.15) is 33.1 Å². The lowest BCUT2D eigenvalue weighted by Gasteiger charge is -2.18. The highest BCUT2D eigenvalue weighted by molar-refractivity contribution is 4.91. The molecule has 2 heteroatoms. The summed E-state index contributed by atoms with van der Waals surface area (Å²) in [4.78, 5) is 0.